The molecule has 4 aliphatic rings. The topological polar surface area (TPSA) is 146 Å². The van der Waals surface area contributed by atoms with Crippen LogP contribution in [0.5, 0.6) is 5.75 Å². The second-order valence-electron chi connectivity index (χ2n) is 9.98. The first kappa shape index (κ1) is 27.0. The van der Waals surface area contributed by atoms with Crippen molar-refractivity contribution in [1.82, 2.24) is 10.0 Å². The van der Waals surface area contributed by atoms with Gasteiger partial charge in [-0.15, -0.1) is 0 Å². The molecule has 5 atom stereocenters. The van der Waals surface area contributed by atoms with Gasteiger partial charge in [-0.2, -0.15) is 0 Å². The van der Waals surface area contributed by atoms with Gasteiger partial charge in [-0.3, -0.25) is 14.3 Å². The number of epoxide rings is 1. The van der Waals surface area contributed by atoms with E-state index in [-0.39, 0.29) is 35.8 Å². The second kappa shape index (κ2) is 9.88. The van der Waals surface area contributed by atoms with Crippen molar-refractivity contribution in [2.75, 3.05) is 29.2 Å². The van der Waals surface area contributed by atoms with Gasteiger partial charge in [-0.1, -0.05) is 37.3 Å². The summed E-state index contributed by atoms with van der Waals surface area (Å²) in [5, 5.41) is 2.77. The normalized spacial score (nSPS) is 27.7. The summed E-state index contributed by atoms with van der Waals surface area (Å²) in [7, 11) is -5.66. The van der Waals surface area contributed by atoms with E-state index in [9.17, 15) is 21.6 Å². The second-order valence-corrected chi connectivity index (χ2v) is 13.5. The molecule has 1 saturated heterocycles. The van der Waals surface area contributed by atoms with E-state index in [2.05, 4.69) is 14.8 Å². The van der Waals surface area contributed by atoms with Crippen LogP contribution in [0, 0.1) is 17.8 Å². The highest BCUT2D eigenvalue weighted by Crippen LogP contribution is 2.43. The zero-order valence-corrected chi connectivity index (χ0v) is 23.4. The van der Waals surface area contributed by atoms with Crippen molar-refractivity contribution in [3.8, 4) is 5.75 Å². The van der Waals surface area contributed by atoms with E-state index < -0.39 is 26.1 Å². The van der Waals surface area contributed by atoms with E-state index in [1.807, 2.05) is 37.3 Å². The molecular weight excluding hydrogens is 544 g/mol. The van der Waals surface area contributed by atoms with Crippen LogP contribution < -0.4 is 24.4 Å². The van der Waals surface area contributed by atoms with Crippen molar-refractivity contribution >= 4 is 43.0 Å². The number of urea groups is 1. The molecule has 0 spiro atoms. The predicted octanol–water partition coefficient (Wildman–Crippen LogP) is 2.66. The van der Waals surface area contributed by atoms with Crippen LogP contribution in [0.25, 0.3) is 5.57 Å². The van der Waals surface area contributed by atoms with Crippen molar-refractivity contribution in [2.24, 2.45) is 17.8 Å². The number of sulfonamides is 2. The zero-order valence-electron chi connectivity index (χ0n) is 21.8. The van der Waals surface area contributed by atoms with Crippen molar-refractivity contribution in [2.45, 2.75) is 19.3 Å². The summed E-state index contributed by atoms with van der Waals surface area (Å²) in [5.74, 6) is 0.309. The molecule has 0 aromatic heterocycles. The summed E-state index contributed by atoms with van der Waals surface area (Å²) < 4.78 is 64.1. The van der Waals surface area contributed by atoms with Crippen LogP contribution in [0.15, 0.2) is 66.6 Å². The van der Waals surface area contributed by atoms with E-state index in [1.165, 1.54) is 12.0 Å². The Bertz CT molecular complexity index is 1570. The molecule has 2 aliphatic carbocycles. The summed E-state index contributed by atoms with van der Waals surface area (Å²) in [4.78, 5) is 14.3. The van der Waals surface area contributed by atoms with E-state index in [0.717, 1.165) is 18.1 Å². The molecule has 11 nitrogen and oxygen atoms in total. The third-order valence-electron chi connectivity index (χ3n) is 6.76. The predicted molar refractivity (Wildman–Crippen MR) is 149 cm³/mol. The van der Waals surface area contributed by atoms with Gasteiger partial charge in [-0.05, 0) is 41.7 Å². The molecule has 1 fully saturated rings. The maximum absolute atomic E-state index is 12.9. The fourth-order valence-electron chi connectivity index (χ4n) is 5.04. The molecule has 5 rings (SSSR count). The minimum atomic E-state index is -3.68. The number of carbonyl (C=O) groups excluding carboxylic acids is 1. The Morgan fingerprint density at radius 3 is 2.44 bits per heavy atom. The van der Waals surface area contributed by atoms with Gasteiger partial charge in [0.2, 0.25) is 20.0 Å². The number of hydrogen-bond donors (Lipinski definition) is 3. The number of hydrogen-bond acceptors (Lipinski definition) is 7. The van der Waals surface area contributed by atoms with Crippen molar-refractivity contribution in [1.29, 1.82) is 0 Å². The SMILES string of the molecule is COc1c(NS(C)(=O)=O)cc(N2C=CC3OC3NC2=O)cc1C1=CC2C=CC(NS(C)(=O)=O)=CC(C)C2C=C1. The Balaban J connectivity index is 1.58. The van der Waals surface area contributed by atoms with Crippen molar-refractivity contribution in [3.05, 3.63) is 72.1 Å². The largest absolute Gasteiger partial charge is 0.494 e. The van der Waals surface area contributed by atoms with Crippen LogP contribution in [-0.4, -0.2) is 54.8 Å². The summed E-state index contributed by atoms with van der Waals surface area (Å²) >= 11 is 0. The molecule has 1 aromatic rings. The number of methoxy groups -OCH3 is 1. The lowest BCUT2D eigenvalue weighted by molar-refractivity contribution is 0.241. The monoisotopic (exact) mass is 574 g/mol. The first-order valence-electron chi connectivity index (χ1n) is 12.2. The van der Waals surface area contributed by atoms with Crippen LogP contribution >= 0.6 is 0 Å². The molecule has 2 heterocycles. The Kier molecular flexibility index (Phi) is 6.85. The number of anilines is 2. The van der Waals surface area contributed by atoms with E-state index in [0.29, 0.717) is 22.7 Å². The minimum Gasteiger partial charge on any atom is -0.494 e. The summed E-state index contributed by atoms with van der Waals surface area (Å²) in [6.45, 7) is 2.02. The number of allylic oxidation sites excluding steroid dienone is 7. The molecule has 5 unspecified atom stereocenters. The molecule has 2 aliphatic heterocycles. The van der Waals surface area contributed by atoms with Gasteiger partial charge in [0, 0.05) is 23.4 Å². The Hall–Kier alpha value is -3.55. The van der Waals surface area contributed by atoms with Crippen LogP contribution in [0.1, 0.15) is 12.5 Å². The number of amides is 2. The lowest BCUT2D eigenvalue weighted by Gasteiger charge is -2.28. The van der Waals surface area contributed by atoms with Crippen LogP contribution in [-0.2, 0) is 24.8 Å². The third kappa shape index (κ3) is 6.05. The first-order chi connectivity index (χ1) is 18.3. The molecule has 0 saturated carbocycles. The van der Waals surface area contributed by atoms with Gasteiger partial charge < -0.3 is 14.8 Å². The molecule has 0 radical (unpaired) electrons. The minimum absolute atomic E-state index is 0.0265. The molecule has 0 bridgehead atoms. The Labute approximate surface area is 228 Å². The quantitative estimate of drug-likeness (QED) is 0.424. The number of nitrogens with zero attached hydrogens (tertiary/aromatic N) is 1. The first-order valence-corrected chi connectivity index (χ1v) is 16.0. The summed E-state index contributed by atoms with van der Waals surface area (Å²) in [6, 6.07) is 2.90. The lowest BCUT2D eigenvalue weighted by atomic mass is 9.77. The Morgan fingerprint density at radius 2 is 1.74 bits per heavy atom. The molecule has 2 amide bonds. The van der Waals surface area contributed by atoms with Gasteiger partial charge in [0.15, 0.2) is 12.0 Å². The van der Waals surface area contributed by atoms with Gasteiger partial charge in [-0.25, -0.2) is 21.6 Å². The number of ether oxygens (including phenoxy) is 2. The van der Waals surface area contributed by atoms with E-state index >= 15 is 0 Å². The third-order valence-corrected chi connectivity index (χ3v) is 7.96. The number of benzene rings is 1. The van der Waals surface area contributed by atoms with Crippen molar-refractivity contribution in [3.63, 3.8) is 0 Å². The molecule has 3 N–H and O–H groups in total. The standard InChI is InChI=1S/C26H30N4O7S2/c1-15-11-18(28-38(3,32)33)7-5-16-12-17(6-8-20(15)16)21-13-19(14-22(24(21)36-2)29-39(4,34)35)30-10-9-23-25(37-23)27-26(30)31/h5-16,20,23,25,28-29H,1-4H3,(H,27,31). The zero-order chi connectivity index (χ0) is 28.1. The Morgan fingerprint density at radius 1 is 1.00 bits per heavy atom. The summed E-state index contributed by atoms with van der Waals surface area (Å²) in [6.07, 6.45) is 16.5. The van der Waals surface area contributed by atoms with E-state index in [4.69, 9.17) is 9.47 Å². The van der Waals surface area contributed by atoms with Gasteiger partial charge in [0.25, 0.3) is 0 Å². The van der Waals surface area contributed by atoms with Crippen LogP contribution in [0.2, 0.25) is 0 Å². The molecule has 208 valence electrons. The van der Waals surface area contributed by atoms with E-state index in [1.54, 1.807) is 30.5 Å². The summed E-state index contributed by atoms with van der Waals surface area (Å²) in [5.41, 5.74) is 2.45. The number of fused-ring (bicyclic) bond motifs is 2. The maximum atomic E-state index is 12.9. The molecule has 13 heteroatoms. The van der Waals surface area contributed by atoms with Gasteiger partial charge in [0.05, 0.1) is 31.0 Å². The van der Waals surface area contributed by atoms with Gasteiger partial charge >= 0.3 is 6.03 Å². The fourth-order valence-corrected chi connectivity index (χ4v) is 6.15. The highest BCUT2D eigenvalue weighted by Gasteiger charge is 2.41. The fraction of sp³-hybridized carbons (Fsp3) is 0.346. The van der Waals surface area contributed by atoms with Crippen LogP contribution in [0.4, 0.5) is 16.2 Å². The van der Waals surface area contributed by atoms with Gasteiger partial charge in [0.1, 0.15) is 6.10 Å². The number of nitrogens with one attached hydrogen (secondary N) is 3. The molecular formula is C26H30N4O7S2. The number of carbonyl (C=O) groups is 1. The van der Waals surface area contributed by atoms with Crippen LogP contribution in [0.3, 0.4) is 0 Å². The van der Waals surface area contributed by atoms with Crippen molar-refractivity contribution < 1.29 is 31.1 Å². The smallest absolute Gasteiger partial charge is 0.328 e. The maximum Gasteiger partial charge on any atom is 0.328 e. The number of rotatable bonds is 7. The molecule has 1 aromatic carbocycles. The molecule has 39 heavy (non-hydrogen) atoms. The average Bonchev–Trinajstić information content (AvgIpc) is 3.60. The lowest BCUT2D eigenvalue weighted by Crippen LogP contribution is -2.37. The highest BCUT2D eigenvalue weighted by atomic mass is 32.2. The highest BCUT2D eigenvalue weighted by molar-refractivity contribution is 7.92. The average molecular weight is 575 g/mol.